The summed E-state index contributed by atoms with van der Waals surface area (Å²) in [6, 6.07) is 13.1. The van der Waals surface area contributed by atoms with Crippen LogP contribution in [0.15, 0.2) is 71.8 Å². The average molecular weight is 403 g/mol. The molecule has 8 nitrogen and oxygen atoms in total. The summed E-state index contributed by atoms with van der Waals surface area (Å²) in [5.74, 6) is -0.461. The molecule has 1 aromatic heterocycles. The van der Waals surface area contributed by atoms with Gasteiger partial charge in [0.25, 0.3) is 15.9 Å². The Balaban J connectivity index is 1.83. The van der Waals surface area contributed by atoms with Crippen LogP contribution >= 0.6 is 0 Å². The van der Waals surface area contributed by atoms with E-state index < -0.39 is 20.8 Å². The Morgan fingerprint density at radius 1 is 1.07 bits per heavy atom. The van der Waals surface area contributed by atoms with Crippen molar-refractivity contribution >= 4 is 21.4 Å². The maximum Gasteiger partial charge on any atom is 0.331 e. The summed E-state index contributed by atoms with van der Waals surface area (Å²) in [6.07, 6.45) is 1.36. The van der Waals surface area contributed by atoms with Gasteiger partial charge < -0.3 is 4.74 Å². The molecule has 0 aliphatic heterocycles. The molecule has 0 aliphatic carbocycles. The van der Waals surface area contributed by atoms with Gasteiger partial charge in [0, 0.05) is 19.3 Å². The summed E-state index contributed by atoms with van der Waals surface area (Å²) in [5.41, 5.74) is 0.0368. The Bertz CT molecular complexity index is 1100. The van der Waals surface area contributed by atoms with Crippen LogP contribution in [-0.4, -0.2) is 25.4 Å². The summed E-state index contributed by atoms with van der Waals surface area (Å²) >= 11 is 0. The predicted octanol–water partition coefficient (Wildman–Crippen LogP) is 3.75. The van der Waals surface area contributed by atoms with Gasteiger partial charge in [-0.05, 0) is 54.6 Å². The summed E-state index contributed by atoms with van der Waals surface area (Å²) < 4.78 is 44.7. The molecule has 0 atom stereocenters. The van der Waals surface area contributed by atoms with E-state index in [9.17, 15) is 22.9 Å². The molecule has 0 amide bonds. The van der Waals surface area contributed by atoms with Crippen molar-refractivity contribution in [3.63, 3.8) is 0 Å². The van der Waals surface area contributed by atoms with Gasteiger partial charge >= 0.3 is 5.69 Å². The smallest absolute Gasteiger partial charge is 0.331 e. The van der Waals surface area contributed by atoms with E-state index in [0.29, 0.717) is 5.69 Å². The molecule has 10 heteroatoms. The Kier molecular flexibility index (Phi) is 5.23. The third-order valence-corrected chi connectivity index (χ3v) is 5.63. The quantitative estimate of drug-likeness (QED) is 0.459. The first kappa shape index (κ1) is 19.2. The number of pyridine rings is 1. The Morgan fingerprint density at radius 3 is 2.32 bits per heavy atom. The molecular weight excluding hydrogens is 389 g/mol. The number of nitro groups is 1. The molecular formula is C18H14FN3O5S. The fourth-order valence-corrected chi connectivity index (χ4v) is 3.53. The van der Waals surface area contributed by atoms with Crippen LogP contribution in [-0.2, 0) is 10.0 Å². The number of aromatic nitrogens is 1. The Hall–Kier alpha value is -3.53. The fraction of sp³-hybridized carbons (Fsp3) is 0.0556. The van der Waals surface area contributed by atoms with Crippen molar-refractivity contribution in [2.24, 2.45) is 0 Å². The number of hydrogen-bond acceptors (Lipinski definition) is 6. The molecule has 0 unspecified atom stereocenters. The van der Waals surface area contributed by atoms with E-state index in [0.717, 1.165) is 16.4 Å². The minimum absolute atomic E-state index is 0.0548. The zero-order chi connectivity index (χ0) is 20.3. The van der Waals surface area contributed by atoms with Crippen molar-refractivity contribution < 1.29 is 22.5 Å². The Morgan fingerprint density at radius 2 is 1.71 bits per heavy atom. The van der Waals surface area contributed by atoms with Gasteiger partial charge in [0.2, 0.25) is 0 Å². The summed E-state index contributed by atoms with van der Waals surface area (Å²) in [7, 11) is -2.52. The second-order valence-corrected chi connectivity index (χ2v) is 7.58. The van der Waals surface area contributed by atoms with Crippen molar-refractivity contribution in [3.05, 3.63) is 82.8 Å². The van der Waals surface area contributed by atoms with Crippen molar-refractivity contribution in [1.82, 2.24) is 4.98 Å². The van der Waals surface area contributed by atoms with Gasteiger partial charge in [-0.25, -0.2) is 17.8 Å². The maximum absolute atomic E-state index is 13.0. The van der Waals surface area contributed by atoms with Gasteiger partial charge in [0.15, 0.2) is 0 Å². The van der Waals surface area contributed by atoms with Gasteiger partial charge in [-0.2, -0.15) is 0 Å². The van der Waals surface area contributed by atoms with Crippen LogP contribution in [0.25, 0.3) is 0 Å². The van der Waals surface area contributed by atoms with Crippen LogP contribution in [0.3, 0.4) is 0 Å². The second-order valence-electron chi connectivity index (χ2n) is 5.61. The molecule has 0 aliphatic rings. The fourth-order valence-electron chi connectivity index (χ4n) is 2.34. The number of ether oxygens (including phenoxy) is 1. The van der Waals surface area contributed by atoms with E-state index in [1.54, 1.807) is 0 Å². The van der Waals surface area contributed by atoms with E-state index >= 15 is 0 Å². The monoisotopic (exact) mass is 403 g/mol. The lowest BCUT2D eigenvalue weighted by Gasteiger charge is -2.19. The highest BCUT2D eigenvalue weighted by atomic mass is 32.2. The number of benzene rings is 2. The highest BCUT2D eigenvalue weighted by Crippen LogP contribution is 2.30. The Labute approximate surface area is 160 Å². The maximum atomic E-state index is 13.0. The number of anilines is 1. The summed E-state index contributed by atoms with van der Waals surface area (Å²) in [6.45, 7) is 0. The van der Waals surface area contributed by atoms with Crippen LogP contribution in [0.4, 0.5) is 15.8 Å². The van der Waals surface area contributed by atoms with Crippen molar-refractivity contribution in [2.45, 2.75) is 4.90 Å². The first-order valence-electron chi connectivity index (χ1n) is 7.91. The number of rotatable bonds is 6. The molecule has 0 bridgehead atoms. The summed E-state index contributed by atoms with van der Waals surface area (Å²) in [4.78, 5) is 14.2. The lowest BCUT2D eigenvalue weighted by Crippen LogP contribution is -2.26. The van der Waals surface area contributed by atoms with E-state index in [2.05, 4.69) is 4.98 Å². The molecule has 3 aromatic rings. The molecule has 144 valence electrons. The van der Waals surface area contributed by atoms with Crippen molar-refractivity contribution in [1.29, 1.82) is 0 Å². The average Bonchev–Trinajstić information content (AvgIpc) is 2.68. The molecule has 1 heterocycles. The van der Waals surface area contributed by atoms with E-state index in [1.807, 2.05) is 0 Å². The van der Waals surface area contributed by atoms with Gasteiger partial charge in [-0.1, -0.05) is 0 Å². The zero-order valence-corrected chi connectivity index (χ0v) is 15.3. The minimum Gasteiger partial charge on any atom is -0.434 e. The van der Waals surface area contributed by atoms with Crippen LogP contribution in [0.5, 0.6) is 11.6 Å². The SMILES string of the molecule is CN(c1ccc(Oc2ncccc2[N+](=O)[O-])cc1)S(=O)(=O)c1ccc(F)cc1. The topological polar surface area (TPSA) is 103 Å². The van der Waals surface area contributed by atoms with Gasteiger partial charge in [0.05, 0.1) is 15.5 Å². The van der Waals surface area contributed by atoms with Crippen LogP contribution in [0.1, 0.15) is 0 Å². The molecule has 0 spiro atoms. The largest absolute Gasteiger partial charge is 0.434 e. The van der Waals surface area contributed by atoms with Crippen LogP contribution in [0, 0.1) is 15.9 Å². The zero-order valence-electron chi connectivity index (χ0n) is 14.5. The van der Waals surface area contributed by atoms with E-state index in [-0.39, 0.29) is 22.2 Å². The standard InChI is InChI=1S/C18H14FN3O5S/c1-21(28(25,26)16-10-4-13(19)5-11-16)14-6-8-15(9-7-14)27-18-17(22(23)24)3-2-12-20-18/h2-12H,1H3. The molecule has 2 aromatic carbocycles. The van der Waals surface area contributed by atoms with Crippen LogP contribution < -0.4 is 9.04 Å². The highest BCUT2D eigenvalue weighted by Gasteiger charge is 2.22. The molecule has 28 heavy (non-hydrogen) atoms. The van der Waals surface area contributed by atoms with Crippen LogP contribution in [0.2, 0.25) is 0 Å². The number of halogens is 1. The lowest BCUT2D eigenvalue weighted by molar-refractivity contribution is -0.386. The molecule has 0 radical (unpaired) electrons. The van der Waals surface area contributed by atoms with Gasteiger partial charge in [-0.15, -0.1) is 0 Å². The normalized spacial score (nSPS) is 11.1. The number of nitrogens with zero attached hydrogens (tertiary/aromatic N) is 3. The molecule has 0 saturated carbocycles. The molecule has 0 N–H and O–H groups in total. The first-order valence-corrected chi connectivity index (χ1v) is 9.35. The second kappa shape index (κ2) is 7.61. The molecule has 0 saturated heterocycles. The minimum atomic E-state index is -3.87. The third-order valence-electron chi connectivity index (χ3n) is 3.83. The predicted molar refractivity (Wildman–Crippen MR) is 99.4 cm³/mol. The van der Waals surface area contributed by atoms with Crippen molar-refractivity contribution in [3.8, 4) is 11.6 Å². The van der Waals surface area contributed by atoms with Crippen molar-refractivity contribution in [2.75, 3.05) is 11.4 Å². The first-order chi connectivity index (χ1) is 13.3. The van der Waals surface area contributed by atoms with E-state index in [4.69, 9.17) is 4.74 Å². The number of sulfonamides is 1. The molecule has 0 fully saturated rings. The lowest BCUT2D eigenvalue weighted by atomic mass is 10.3. The molecule has 3 rings (SSSR count). The van der Waals surface area contributed by atoms with Gasteiger partial charge in [-0.3, -0.25) is 14.4 Å². The van der Waals surface area contributed by atoms with Gasteiger partial charge in [0.1, 0.15) is 11.6 Å². The third kappa shape index (κ3) is 3.91. The number of hydrogen-bond donors (Lipinski definition) is 0. The summed E-state index contributed by atoms with van der Waals surface area (Å²) in [5, 5.41) is 11.0. The highest BCUT2D eigenvalue weighted by molar-refractivity contribution is 7.92. The van der Waals surface area contributed by atoms with E-state index in [1.165, 1.54) is 61.8 Å².